The van der Waals surface area contributed by atoms with Gasteiger partial charge in [0.05, 0.1) is 4.34 Å². The van der Waals surface area contributed by atoms with E-state index in [2.05, 4.69) is 4.72 Å². The van der Waals surface area contributed by atoms with Gasteiger partial charge in [0.25, 0.3) is 0 Å². The smallest absolute Gasteiger partial charge is 0.134 e. The molecule has 56 valence electrons. The first-order valence-electron chi connectivity index (χ1n) is 2.58. The quantitative estimate of drug-likeness (QED) is 0.764. The second kappa shape index (κ2) is 3.48. The fourth-order valence-electron chi connectivity index (χ4n) is 0.498. The first-order valence-corrected chi connectivity index (χ1v) is 4.93. The van der Waals surface area contributed by atoms with Crippen LogP contribution < -0.4 is 4.72 Å². The van der Waals surface area contributed by atoms with Crippen LogP contribution in [-0.4, -0.2) is 11.3 Å². The van der Waals surface area contributed by atoms with Gasteiger partial charge in [0.2, 0.25) is 0 Å². The van der Waals surface area contributed by atoms with Crippen LogP contribution in [0, 0.1) is 0 Å². The van der Waals surface area contributed by atoms with E-state index in [1.807, 2.05) is 0 Å². The number of hydrogen-bond acceptors (Lipinski definition) is 2. The van der Waals surface area contributed by atoms with E-state index in [4.69, 9.17) is 11.6 Å². The molecule has 1 atom stereocenters. The van der Waals surface area contributed by atoms with Crippen molar-refractivity contribution in [3.05, 3.63) is 16.5 Å². The molecule has 1 heterocycles. The Labute approximate surface area is 70.8 Å². The molecule has 0 saturated carbocycles. The van der Waals surface area contributed by atoms with E-state index in [0.717, 1.165) is 4.21 Å². The largest absolute Gasteiger partial charge is 0.237 e. The minimum Gasteiger partial charge on any atom is -0.237 e. The molecule has 0 saturated heterocycles. The Bertz CT molecular complexity index is 248. The molecule has 0 spiro atoms. The topological polar surface area (TPSA) is 29.1 Å². The van der Waals surface area contributed by atoms with E-state index in [0.29, 0.717) is 4.34 Å². The predicted molar refractivity (Wildman–Crippen MR) is 44.8 cm³/mol. The average Bonchev–Trinajstić information content (AvgIpc) is 2.34. The maximum atomic E-state index is 11.0. The van der Waals surface area contributed by atoms with Gasteiger partial charge in [0, 0.05) is 0 Å². The lowest BCUT2D eigenvalue weighted by Gasteiger charge is -1.91. The Balaban J connectivity index is 2.85. The third kappa shape index (κ3) is 1.79. The van der Waals surface area contributed by atoms with Crippen molar-refractivity contribution >= 4 is 33.9 Å². The number of rotatable bonds is 2. The number of nitrogens with one attached hydrogen (secondary N) is 1. The van der Waals surface area contributed by atoms with Gasteiger partial charge >= 0.3 is 0 Å². The van der Waals surface area contributed by atoms with Crippen LogP contribution in [0.1, 0.15) is 0 Å². The van der Waals surface area contributed by atoms with Gasteiger partial charge in [-0.25, -0.2) is 8.93 Å². The normalized spacial score (nSPS) is 13.4. The van der Waals surface area contributed by atoms with Crippen LogP contribution in [0.2, 0.25) is 4.34 Å². The molecule has 2 nitrogen and oxygen atoms in total. The summed E-state index contributed by atoms with van der Waals surface area (Å²) in [4.78, 5) is 0. The van der Waals surface area contributed by atoms with E-state index in [9.17, 15) is 4.21 Å². The molecule has 5 heteroatoms. The fraction of sp³-hybridized carbons (Fsp3) is 0.200. The van der Waals surface area contributed by atoms with Crippen LogP contribution in [-0.2, 0) is 11.0 Å². The lowest BCUT2D eigenvalue weighted by atomic mass is 10.7. The van der Waals surface area contributed by atoms with Crippen molar-refractivity contribution in [2.45, 2.75) is 4.21 Å². The van der Waals surface area contributed by atoms with Crippen molar-refractivity contribution in [2.75, 3.05) is 7.05 Å². The number of hydrogen-bond donors (Lipinski definition) is 1. The first kappa shape index (κ1) is 8.20. The Morgan fingerprint density at radius 3 is 2.80 bits per heavy atom. The molecule has 1 N–H and O–H groups in total. The monoisotopic (exact) mass is 195 g/mol. The minimum atomic E-state index is -1.09. The standard InChI is InChI=1S/C5H6ClNOS2/c1-7-10(8)5-3-2-4(6)9-5/h2-3,7H,1H3. The van der Waals surface area contributed by atoms with Crippen molar-refractivity contribution < 1.29 is 4.21 Å². The molecule has 0 radical (unpaired) electrons. The maximum absolute atomic E-state index is 11.0. The highest BCUT2D eigenvalue weighted by atomic mass is 35.5. The zero-order valence-electron chi connectivity index (χ0n) is 5.26. The van der Waals surface area contributed by atoms with Gasteiger partial charge in [-0.2, -0.15) is 0 Å². The summed E-state index contributed by atoms with van der Waals surface area (Å²) in [5, 5.41) is 0. The molecule has 1 rings (SSSR count). The molecule has 0 fully saturated rings. The SMILES string of the molecule is CNS(=O)c1ccc(Cl)s1. The van der Waals surface area contributed by atoms with Crippen LogP contribution in [0.3, 0.4) is 0 Å². The fourth-order valence-corrected chi connectivity index (χ4v) is 2.63. The molecule has 0 bridgehead atoms. The Morgan fingerprint density at radius 2 is 2.40 bits per heavy atom. The van der Waals surface area contributed by atoms with Gasteiger partial charge in [-0.15, -0.1) is 11.3 Å². The van der Waals surface area contributed by atoms with Crippen molar-refractivity contribution in [1.82, 2.24) is 4.72 Å². The minimum absolute atomic E-state index is 0.665. The van der Waals surface area contributed by atoms with Gasteiger partial charge in [0.15, 0.2) is 0 Å². The molecule has 1 unspecified atom stereocenters. The van der Waals surface area contributed by atoms with E-state index in [1.54, 1.807) is 19.2 Å². The molecule has 0 amide bonds. The third-order valence-electron chi connectivity index (χ3n) is 0.917. The van der Waals surface area contributed by atoms with E-state index >= 15 is 0 Å². The zero-order chi connectivity index (χ0) is 7.56. The first-order chi connectivity index (χ1) is 4.74. The summed E-state index contributed by atoms with van der Waals surface area (Å²) in [5.41, 5.74) is 0. The van der Waals surface area contributed by atoms with E-state index < -0.39 is 11.0 Å². The lowest BCUT2D eigenvalue weighted by molar-refractivity contribution is 0.679. The van der Waals surface area contributed by atoms with Crippen LogP contribution in [0.5, 0.6) is 0 Å². The highest BCUT2D eigenvalue weighted by molar-refractivity contribution is 7.85. The molecule has 0 aliphatic carbocycles. The van der Waals surface area contributed by atoms with Gasteiger partial charge in [-0.3, -0.25) is 0 Å². The van der Waals surface area contributed by atoms with E-state index in [1.165, 1.54) is 11.3 Å². The molecular formula is C5H6ClNOS2. The Kier molecular flexibility index (Phi) is 2.85. The number of halogens is 1. The molecule has 1 aromatic heterocycles. The van der Waals surface area contributed by atoms with Crippen LogP contribution in [0.15, 0.2) is 16.3 Å². The van der Waals surface area contributed by atoms with Crippen molar-refractivity contribution in [3.8, 4) is 0 Å². The van der Waals surface area contributed by atoms with Gasteiger partial charge in [0.1, 0.15) is 15.2 Å². The highest BCUT2D eigenvalue weighted by Crippen LogP contribution is 2.23. The lowest BCUT2D eigenvalue weighted by Crippen LogP contribution is -2.08. The zero-order valence-corrected chi connectivity index (χ0v) is 7.65. The van der Waals surface area contributed by atoms with Gasteiger partial charge < -0.3 is 0 Å². The Hall–Kier alpha value is 0.1000. The summed E-state index contributed by atoms with van der Waals surface area (Å²) in [6.07, 6.45) is 0. The molecule has 0 aliphatic rings. The van der Waals surface area contributed by atoms with Crippen LogP contribution >= 0.6 is 22.9 Å². The van der Waals surface area contributed by atoms with E-state index in [-0.39, 0.29) is 0 Å². The third-order valence-corrected chi connectivity index (χ3v) is 3.52. The van der Waals surface area contributed by atoms with Crippen molar-refractivity contribution in [3.63, 3.8) is 0 Å². The van der Waals surface area contributed by atoms with Crippen molar-refractivity contribution in [1.29, 1.82) is 0 Å². The molecule has 1 aromatic rings. The van der Waals surface area contributed by atoms with Crippen molar-refractivity contribution in [2.24, 2.45) is 0 Å². The van der Waals surface area contributed by atoms with Gasteiger partial charge in [-0.1, -0.05) is 11.6 Å². The summed E-state index contributed by atoms with van der Waals surface area (Å²) in [6.45, 7) is 0. The molecule has 10 heavy (non-hydrogen) atoms. The predicted octanol–water partition coefficient (Wildman–Crippen LogP) is 1.64. The summed E-state index contributed by atoms with van der Waals surface area (Å²) in [5.74, 6) is 0. The second-order valence-corrected chi connectivity index (χ2v) is 4.89. The summed E-state index contributed by atoms with van der Waals surface area (Å²) in [7, 11) is 0.557. The van der Waals surface area contributed by atoms with Crippen LogP contribution in [0.25, 0.3) is 0 Å². The molecule has 0 aromatic carbocycles. The number of thiophene rings is 1. The van der Waals surface area contributed by atoms with Gasteiger partial charge in [-0.05, 0) is 19.2 Å². The second-order valence-electron chi connectivity index (χ2n) is 1.53. The molecule has 0 aliphatic heterocycles. The average molecular weight is 196 g/mol. The van der Waals surface area contributed by atoms with Crippen LogP contribution in [0.4, 0.5) is 0 Å². The highest BCUT2D eigenvalue weighted by Gasteiger charge is 2.02. The summed E-state index contributed by atoms with van der Waals surface area (Å²) < 4.78 is 15.0. The Morgan fingerprint density at radius 1 is 1.70 bits per heavy atom. The maximum Gasteiger partial charge on any atom is 0.134 e. The summed E-state index contributed by atoms with van der Waals surface area (Å²) in [6, 6.07) is 3.48. The molecular weight excluding hydrogens is 190 g/mol. The summed E-state index contributed by atoms with van der Waals surface area (Å²) >= 11 is 6.94.